The Morgan fingerprint density at radius 2 is 2.00 bits per heavy atom. The minimum absolute atomic E-state index is 0.262. The Kier molecular flexibility index (Phi) is 3.74. The van der Waals surface area contributed by atoms with Crippen molar-refractivity contribution in [3.8, 4) is 0 Å². The van der Waals surface area contributed by atoms with Crippen LogP contribution in [0.1, 0.15) is 40.0 Å². The molecule has 0 amide bonds. The average Bonchev–Trinajstić information content (AvgIpc) is 2.27. The lowest BCUT2D eigenvalue weighted by atomic mass is 10.0. The molecule has 0 aromatic heterocycles. The van der Waals surface area contributed by atoms with E-state index >= 15 is 0 Å². The Morgan fingerprint density at radius 1 is 1.31 bits per heavy atom. The van der Waals surface area contributed by atoms with E-state index in [9.17, 15) is 5.11 Å². The van der Waals surface area contributed by atoms with E-state index in [0.717, 1.165) is 6.54 Å². The molecule has 1 saturated heterocycles. The van der Waals surface area contributed by atoms with Gasteiger partial charge >= 0.3 is 0 Å². The van der Waals surface area contributed by atoms with Crippen molar-refractivity contribution < 1.29 is 5.11 Å². The zero-order valence-corrected chi connectivity index (χ0v) is 9.21. The van der Waals surface area contributed by atoms with Crippen molar-refractivity contribution in [2.75, 3.05) is 19.7 Å². The third kappa shape index (κ3) is 3.28. The maximum atomic E-state index is 9.17. The summed E-state index contributed by atoms with van der Waals surface area (Å²) in [4.78, 5) is 2.50. The molecular formula is C11H23NO. The molecule has 0 aromatic carbocycles. The van der Waals surface area contributed by atoms with E-state index < -0.39 is 0 Å². The van der Waals surface area contributed by atoms with Crippen molar-refractivity contribution in [3.63, 3.8) is 0 Å². The van der Waals surface area contributed by atoms with Gasteiger partial charge in [0.2, 0.25) is 0 Å². The highest BCUT2D eigenvalue weighted by molar-refractivity contribution is 4.80. The van der Waals surface area contributed by atoms with Gasteiger partial charge in [-0.1, -0.05) is 6.42 Å². The molecule has 1 aliphatic heterocycles. The molecule has 1 atom stereocenters. The minimum Gasteiger partial charge on any atom is -0.396 e. The van der Waals surface area contributed by atoms with Crippen molar-refractivity contribution >= 4 is 0 Å². The predicted molar refractivity (Wildman–Crippen MR) is 55.8 cm³/mol. The van der Waals surface area contributed by atoms with Crippen LogP contribution in [0.25, 0.3) is 0 Å². The molecular weight excluding hydrogens is 162 g/mol. The SMILES string of the molecule is CC(C)(C)N1CCCCC(CO)C1. The lowest BCUT2D eigenvalue weighted by molar-refractivity contribution is 0.102. The van der Waals surface area contributed by atoms with Crippen LogP contribution in [0.3, 0.4) is 0 Å². The lowest BCUT2D eigenvalue weighted by Crippen LogP contribution is -2.44. The van der Waals surface area contributed by atoms with E-state index in [1.165, 1.54) is 25.8 Å². The maximum Gasteiger partial charge on any atom is 0.0471 e. The van der Waals surface area contributed by atoms with Gasteiger partial charge in [-0.25, -0.2) is 0 Å². The van der Waals surface area contributed by atoms with Crippen molar-refractivity contribution in [1.29, 1.82) is 0 Å². The highest BCUT2D eigenvalue weighted by Crippen LogP contribution is 2.22. The molecule has 0 radical (unpaired) electrons. The summed E-state index contributed by atoms with van der Waals surface area (Å²) in [6.45, 7) is 9.39. The van der Waals surface area contributed by atoms with E-state index in [2.05, 4.69) is 25.7 Å². The van der Waals surface area contributed by atoms with E-state index in [0.29, 0.717) is 12.5 Å². The second kappa shape index (κ2) is 4.43. The summed E-state index contributed by atoms with van der Waals surface area (Å²) in [7, 11) is 0. The van der Waals surface area contributed by atoms with Crippen LogP contribution in [0.2, 0.25) is 0 Å². The van der Waals surface area contributed by atoms with E-state index in [1.807, 2.05) is 0 Å². The number of nitrogens with zero attached hydrogens (tertiary/aromatic N) is 1. The fraction of sp³-hybridized carbons (Fsp3) is 1.00. The van der Waals surface area contributed by atoms with Crippen LogP contribution in [-0.4, -0.2) is 35.2 Å². The van der Waals surface area contributed by atoms with Crippen LogP contribution in [0.5, 0.6) is 0 Å². The molecule has 0 bridgehead atoms. The molecule has 0 aliphatic carbocycles. The molecule has 2 heteroatoms. The van der Waals surface area contributed by atoms with E-state index in [-0.39, 0.29) is 5.54 Å². The molecule has 1 unspecified atom stereocenters. The Labute approximate surface area is 81.9 Å². The summed E-state index contributed by atoms with van der Waals surface area (Å²) in [5.74, 6) is 0.502. The maximum absolute atomic E-state index is 9.17. The molecule has 1 N–H and O–H groups in total. The van der Waals surface area contributed by atoms with Gasteiger partial charge in [0.05, 0.1) is 0 Å². The number of hydrogen-bond donors (Lipinski definition) is 1. The summed E-state index contributed by atoms with van der Waals surface area (Å²) in [6, 6.07) is 0. The number of rotatable bonds is 1. The normalized spacial score (nSPS) is 27.2. The van der Waals surface area contributed by atoms with Gasteiger partial charge in [0.1, 0.15) is 0 Å². The molecule has 1 heterocycles. The topological polar surface area (TPSA) is 23.5 Å². The number of likely N-dealkylation sites (tertiary alicyclic amines) is 1. The first-order chi connectivity index (χ1) is 6.04. The Hall–Kier alpha value is -0.0800. The van der Waals surface area contributed by atoms with Crippen molar-refractivity contribution in [2.24, 2.45) is 5.92 Å². The number of aliphatic hydroxyl groups excluding tert-OH is 1. The lowest BCUT2D eigenvalue weighted by Gasteiger charge is -2.36. The highest BCUT2D eigenvalue weighted by Gasteiger charge is 2.25. The molecule has 0 spiro atoms. The van der Waals surface area contributed by atoms with Crippen LogP contribution < -0.4 is 0 Å². The Balaban J connectivity index is 2.54. The molecule has 2 nitrogen and oxygen atoms in total. The first-order valence-corrected chi connectivity index (χ1v) is 5.40. The molecule has 78 valence electrons. The number of aliphatic hydroxyl groups is 1. The number of hydrogen-bond acceptors (Lipinski definition) is 2. The standard InChI is InChI=1S/C11H23NO/c1-11(2,3)12-7-5-4-6-10(8-12)9-13/h10,13H,4-9H2,1-3H3. The van der Waals surface area contributed by atoms with Crippen LogP contribution in [0, 0.1) is 5.92 Å². The molecule has 0 saturated carbocycles. The summed E-state index contributed by atoms with van der Waals surface area (Å²) < 4.78 is 0. The van der Waals surface area contributed by atoms with E-state index in [1.54, 1.807) is 0 Å². The van der Waals surface area contributed by atoms with Crippen molar-refractivity contribution in [2.45, 2.75) is 45.6 Å². The van der Waals surface area contributed by atoms with Gasteiger partial charge in [0.25, 0.3) is 0 Å². The third-order valence-corrected chi connectivity index (χ3v) is 2.98. The fourth-order valence-electron chi connectivity index (χ4n) is 1.99. The van der Waals surface area contributed by atoms with Crippen LogP contribution >= 0.6 is 0 Å². The van der Waals surface area contributed by atoms with Gasteiger partial charge < -0.3 is 5.11 Å². The van der Waals surface area contributed by atoms with Crippen LogP contribution in [0.4, 0.5) is 0 Å². The predicted octanol–water partition coefficient (Wildman–Crippen LogP) is 1.88. The smallest absolute Gasteiger partial charge is 0.0471 e. The summed E-state index contributed by atoms with van der Waals surface area (Å²) in [6.07, 6.45) is 3.76. The van der Waals surface area contributed by atoms with Crippen molar-refractivity contribution in [1.82, 2.24) is 4.90 Å². The minimum atomic E-state index is 0.262. The summed E-state index contributed by atoms with van der Waals surface area (Å²) in [5.41, 5.74) is 0.262. The summed E-state index contributed by atoms with van der Waals surface area (Å²) >= 11 is 0. The molecule has 1 rings (SSSR count). The largest absolute Gasteiger partial charge is 0.396 e. The highest BCUT2D eigenvalue weighted by atomic mass is 16.3. The van der Waals surface area contributed by atoms with Gasteiger partial charge in [-0.2, -0.15) is 0 Å². The van der Waals surface area contributed by atoms with Crippen LogP contribution in [-0.2, 0) is 0 Å². The Morgan fingerprint density at radius 3 is 2.54 bits per heavy atom. The molecule has 13 heavy (non-hydrogen) atoms. The second-order valence-electron chi connectivity index (χ2n) is 5.16. The fourth-order valence-corrected chi connectivity index (χ4v) is 1.99. The van der Waals surface area contributed by atoms with Crippen molar-refractivity contribution in [3.05, 3.63) is 0 Å². The molecule has 0 aromatic rings. The third-order valence-electron chi connectivity index (χ3n) is 2.98. The van der Waals surface area contributed by atoms with Gasteiger partial charge in [-0.15, -0.1) is 0 Å². The zero-order valence-electron chi connectivity index (χ0n) is 9.21. The quantitative estimate of drug-likeness (QED) is 0.674. The van der Waals surface area contributed by atoms with Gasteiger partial charge in [-0.3, -0.25) is 4.90 Å². The first kappa shape index (κ1) is 11.0. The van der Waals surface area contributed by atoms with Gasteiger partial charge in [-0.05, 0) is 46.1 Å². The van der Waals surface area contributed by atoms with E-state index in [4.69, 9.17) is 0 Å². The van der Waals surface area contributed by atoms with Crippen LogP contribution in [0.15, 0.2) is 0 Å². The molecule has 1 fully saturated rings. The molecule has 1 aliphatic rings. The van der Waals surface area contributed by atoms with Gasteiger partial charge in [0, 0.05) is 18.7 Å². The zero-order chi connectivity index (χ0) is 9.90. The summed E-state index contributed by atoms with van der Waals surface area (Å²) in [5, 5.41) is 9.17. The first-order valence-electron chi connectivity index (χ1n) is 5.40. The van der Waals surface area contributed by atoms with Gasteiger partial charge in [0.15, 0.2) is 0 Å². The average molecular weight is 185 g/mol. The second-order valence-corrected chi connectivity index (χ2v) is 5.16. The monoisotopic (exact) mass is 185 g/mol. The Bertz CT molecular complexity index is 151.